The van der Waals surface area contributed by atoms with Crippen LogP contribution in [-0.4, -0.2) is 36.5 Å². The number of ether oxygens (including phenoxy) is 1. The third kappa shape index (κ3) is 5.22. The van der Waals surface area contributed by atoms with Crippen LogP contribution in [0.3, 0.4) is 0 Å². The molecule has 1 unspecified atom stereocenters. The monoisotopic (exact) mass is 352 g/mol. The number of halogens is 3. The zero-order valence-electron chi connectivity index (χ0n) is 11.6. The molecule has 7 heteroatoms. The molecule has 0 aliphatic carbocycles. The van der Waals surface area contributed by atoms with Gasteiger partial charge in [0, 0.05) is 25.6 Å². The zero-order chi connectivity index (χ0) is 14.5. The van der Waals surface area contributed by atoms with Crippen molar-refractivity contribution in [1.29, 1.82) is 0 Å². The van der Waals surface area contributed by atoms with Crippen LogP contribution in [0.1, 0.15) is 19.3 Å². The molecule has 0 radical (unpaired) electrons. The Labute approximate surface area is 140 Å². The molecule has 2 N–H and O–H groups in total. The fourth-order valence-electron chi connectivity index (χ4n) is 2.29. The maximum atomic E-state index is 11.8. The SMILES string of the molecule is Cl.NCCC(=O)N1CCCC(Oc2ccc(Cl)c(Cl)c2)C1. The van der Waals surface area contributed by atoms with Crippen LogP contribution in [0.4, 0.5) is 0 Å². The van der Waals surface area contributed by atoms with Gasteiger partial charge >= 0.3 is 0 Å². The zero-order valence-corrected chi connectivity index (χ0v) is 13.9. The highest BCUT2D eigenvalue weighted by Gasteiger charge is 2.24. The van der Waals surface area contributed by atoms with Crippen molar-refractivity contribution in [3.05, 3.63) is 28.2 Å². The summed E-state index contributed by atoms with van der Waals surface area (Å²) in [5.74, 6) is 0.771. The number of nitrogens with two attached hydrogens (primary N) is 1. The molecule has 4 nitrogen and oxygen atoms in total. The van der Waals surface area contributed by atoms with E-state index in [1.807, 2.05) is 4.90 Å². The number of rotatable bonds is 4. The number of hydrogen-bond acceptors (Lipinski definition) is 3. The number of nitrogens with zero attached hydrogens (tertiary/aromatic N) is 1. The van der Waals surface area contributed by atoms with Gasteiger partial charge in [0.1, 0.15) is 11.9 Å². The molecule has 1 heterocycles. The molecule has 1 fully saturated rings. The fraction of sp³-hybridized carbons (Fsp3) is 0.500. The van der Waals surface area contributed by atoms with E-state index < -0.39 is 0 Å². The van der Waals surface area contributed by atoms with Crippen LogP contribution in [0.5, 0.6) is 5.75 Å². The topological polar surface area (TPSA) is 55.6 Å². The molecular weight excluding hydrogens is 335 g/mol. The summed E-state index contributed by atoms with van der Waals surface area (Å²) in [6.45, 7) is 1.76. The first-order chi connectivity index (χ1) is 9.60. The summed E-state index contributed by atoms with van der Waals surface area (Å²) in [5.41, 5.74) is 5.42. The summed E-state index contributed by atoms with van der Waals surface area (Å²) in [6.07, 6.45) is 2.23. The van der Waals surface area contributed by atoms with E-state index in [1.165, 1.54) is 0 Å². The number of likely N-dealkylation sites (tertiary alicyclic amines) is 1. The first-order valence-electron chi connectivity index (χ1n) is 6.69. The first kappa shape index (κ1) is 18.4. The van der Waals surface area contributed by atoms with Crippen molar-refractivity contribution in [2.24, 2.45) is 5.73 Å². The van der Waals surface area contributed by atoms with Crippen LogP contribution in [-0.2, 0) is 4.79 Å². The van der Waals surface area contributed by atoms with Crippen LogP contribution in [0, 0.1) is 0 Å². The van der Waals surface area contributed by atoms with E-state index in [-0.39, 0.29) is 24.4 Å². The predicted octanol–water partition coefficient (Wildman–Crippen LogP) is 3.13. The maximum absolute atomic E-state index is 11.8. The van der Waals surface area contributed by atoms with Gasteiger partial charge in [0.05, 0.1) is 16.6 Å². The Balaban J connectivity index is 0.00000220. The summed E-state index contributed by atoms with van der Waals surface area (Å²) in [7, 11) is 0. The van der Waals surface area contributed by atoms with E-state index in [2.05, 4.69) is 0 Å². The summed E-state index contributed by atoms with van der Waals surface area (Å²) in [6, 6.07) is 5.19. The lowest BCUT2D eigenvalue weighted by molar-refractivity contribution is -0.133. The second kappa shape index (κ2) is 8.69. The highest BCUT2D eigenvalue weighted by molar-refractivity contribution is 6.42. The van der Waals surface area contributed by atoms with Gasteiger partial charge in [0.25, 0.3) is 0 Å². The largest absolute Gasteiger partial charge is 0.489 e. The van der Waals surface area contributed by atoms with Crippen molar-refractivity contribution in [2.75, 3.05) is 19.6 Å². The van der Waals surface area contributed by atoms with Gasteiger partial charge in [-0.2, -0.15) is 0 Å². The molecule has 2 rings (SSSR count). The van der Waals surface area contributed by atoms with Crippen molar-refractivity contribution in [3.8, 4) is 5.75 Å². The standard InChI is InChI=1S/C14H18Cl2N2O2.ClH/c15-12-4-3-10(8-13(12)16)20-11-2-1-7-18(9-11)14(19)5-6-17;/h3-4,8,11H,1-2,5-7,9,17H2;1H. The molecule has 0 aromatic heterocycles. The summed E-state index contributed by atoms with van der Waals surface area (Å²) in [4.78, 5) is 13.7. The van der Waals surface area contributed by atoms with Gasteiger partial charge in [0.2, 0.25) is 5.91 Å². The van der Waals surface area contributed by atoms with Crippen molar-refractivity contribution in [2.45, 2.75) is 25.4 Å². The van der Waals surface area contributed by atoms with Gasteiger partial charge in [-0.05, 0) is 25.0 Å². The van der Waals surface area contributed by atoms with E-state index in [1.54, 1.807) is 18.2 Å². The first-order valence-corrected chi connectivity index (χ1v) is 7.45. The molecule has 1 amide bonds. The summed E-state index contributed by atoms with van der Waals surface area (Å²) >= 11 is 11.8. The Morgan fingerprint density at radius 2 is 2.14 bits per heavy atom. The van der Waals surface area contributed by atoms with Crippen molar-refractivity contribution in [3.63, 3.8) is 0 Å². The Kier molecular flexibility index (Phi) is 7.60. The molecule has 118 valence electrons. The minimum atomic E-state index is -0.0114. The third-order valence-corrected chi connectivity index (χ3v) is 4.02. The van der Waals surface area contributed by atoms with Gasteiger partial charge in [-0.15, -0.1) is 12.4 Å². The molecule has 1 aromatic carbocycles. The van der Waals surface area contributed by atoms with Gasteiger partial charge in [-0.1, -0.05) is 23.2 Å². The molecule has 1 aromatic rings. The Hall–Kier alpha value is -0.680. The van der Waals surface area contributed by atoms with Crippen molar-refractivity contribution in [1.82, 2.24) is 4.90 Å². The van der Waals surface area contributed by atoms with Crippen LogP contribution in [0.2, 0.25) is 10.0 Å². The van der Waals surface area contributed by atoms with Crippen molar-refractivity contribution < 1.29 is 9.53 Å². The summed E-state index contributed by atoms with van der Waals surface area (Å²) in [5, 5.41) is 0.971. The average molecular weight is 354 g/mol. The summed E-state index contributed by atoms with van der Waals surface area (Å²) < 4.78 is 5.88. The van der Waals surface area contributed by atoms with Gasteiger partial charge < -0.3 is 15.4 Å². The highest BCUT2D eigenvalue weighted by atomic mass is 35.5. The van der Waals surface area contributed by atoms with Gasteiger partial charge in [-0.25, -0.2) is 0 Å². The minimum absolute atomic E-state index is 0. The number of piperidine rings is 1. The fourth-order valence-corrected chi connectivity index (χ4v) is 2.57. The molecule has 1 atom stereocenters. The van der Waals surface area contributed by atoms with Gasteiger partial charge in [-0.3, -0.25) is 4.79 Å². The third-order valence-electron chi connectivity index (χ3n) is 3.28. The van der Waals surface area contributed by atoms with E-state index in [9.17, 15) is 4.79 Å². The predicted molar refractivity (Wildman–Crippen MR) is 87.6 cm³/mol. The smallest absolute Gasteiger partial charge is 0.223 e. The van der Waals surface area contributed by atoms with E-state index >= 15 is 0 Å². The molecular formula is C14H19Cl3N2O2. The van der Waals surface area contributed by atoms with Crippen LogP contribution >= 0.6 is 35.6 Å². The normalized spacial score (nSPS) is 18.0. The molecule has 1 aliphatic rings. The number of benzene rings is 1. The Bertz CT molecular complexity index is 485. The molecule has 21 heavy (non-hydrogen) atoms. The lowest BCUT2D eigenvalue weighted by Crippen LogP contribution is -2.44. The van der Waals surface area contributed by atoms with Crippen LogP contribution in [0.25, 0.3) is 0 Å². The minimum Gasteiger partial charge on any atom is -0.489 e. The Morgan fingerprint density at radius 3 is 2.81 bits per heavy atom. The number of carbonyl (C=O) groups is 1. The molecule has 0 bridgehead atoms. The lowest BCUT2D eigenvalue weighted by atomic mass is 10.1. The maximum Gasteiger partial charge on any atom is 0.223 e. The molecule has 0 saturated carbocycles. The van der Waals surface area contributed by atoms with E-state index in [0.717, 1.165) is 19.4 Å². The van der Waals surface area contributed by atoms with Gasteiger partial charge in [0.15, 0.2) is 0 Å². The Morgan fingerprint density at radius 1 is 1.38 bits per heavy atom. The van der Waals surface area contributed by atoms with E-state index in [0.29, 0.717) is 35.3 Å². The molecule has 1 aliphatic heterocycles. The van der Waals surface area contributed by atoms with E-state index in [4.69, 9.17) is 33.7 Å². The van der Waals surface area contributed by atoms with Crippen LogP contribution in [0.15, 0.2) is 18.2 Å². The molecule has 0 spiro atoms. The lowest BCUT2D eigenvalue weighted by Gasteiger charge is -2.33. The molecule has 1 saturated heterocycles. The number of carbonyl (C=O) groups excluding carboxylic acids is 1. The second-order valence-corrected chi connectivity index (χ2v) is 5.65. The second-order valence-electron chi connectivity index (χ2n) is 4.84. The average Bonchev–Trinajstić information content (AvgIpc) is 2.43. The van der Waals surface area contributed by atoms with Crippen molar-refractivity contribution >= 4 is 41.5 Å². The number of hydrogen-bond donors (Lipinski definition) is 1. The highest BCUT2D eigenvalue weighted by Crippen LogP contribution is 2.28. The van der Waals surface area contributed by atoms with Crippen LogP contribution < -0.4 is 10.5 Å². The quantitative estimate of drug-likeness (QED) is 0.904. The number of amides is 1.